The van der Waals surface area contributed by atoms with E-state index in [1.54, 1.807) is 12.5 Å². The van der Waals surface area contributed by atoms with E-state index in [1.807, 2.05) is 24.3 Å². The fourth-order valence-electron chi connectivity index (χ4n) is 0.970. The minimum atomic E-state index is 0.914. The summed E-state index contributed by atoms with van der Waals surface area (Å²) in [5.74, 6) is 0. The molecule has 0 saturated heterocycles. The summed E-state index contributed by atoms with van der Waals surface area (Å²) in [5, 5.41) is 3.46. The third-order valence-electron chi connectivity index (χ3n) is 1.71. The van der Waals surface area contributed by atoms with Crippen molar-refractivity contribution in [1.29, 1.82) is 0 Å². The van der Waals surface area contributed by atoms with Gasteiger partial charge in [0.2, 0.25) is 0 Å². The van der Waals surface area contributed by atoms with Gasteiger partial charge in [-0.1, -0.05) is 23.7 Å². The van der Waals surface area contributed by atoms with Crippen molar-refractivity contribution in [3.63, 3.8) is 0 Å². The summed E-state index contributed by atoms with van der Waals surface area (Å²) in [6, 6.07) is 9.72. The molecule has 0 radical (unpaired) electrons. The highest BCUT2D eigenvalue weighted by molar-refractivity contribution is 6.31. The van der Waals surface area contributed by atoms with Gasteiger partial charge in [0.05, 0.1) is 12.5 Å². The molecule has 2 aliphatic carbocycles. The van der Waals surface area contributed by atoms with Gasteiger partial charge in [0, 0.05) is 10.2 Å². The van der Waals surface area contributed by atoms with Crippen LogP contribution < -0.4 is 0 Å². The first-order chi connectivity index (χ1) is 5.88. The number of hydrogen-bond acceptors (Lipinski definition) is 1. The molecule has 0 amide bonds. The van der Waals surface area contributed by atoms with Crippen molar-refractivity contribution in [2.45, 2.75) is 0 Å². The summed E-state index contributed by atoms with van der Waals surface area (Å²) in [7, 11) is 0. The molecular formula is C10H7ClO. The summed E-state index contributed by atoms with van der Waals surface area (Å²) in [6.45, 7) is 0. The minimum absolute atomic E-state index is 0.914. The molecule has 0 fully saturated rings. The first kappa shape index (κ1) is 7.44. The highest BCUT2D eigenvalue weighted by Gasteiger charge is 1.99. The molecule has 3 rings (SSSR count). The van der Waals surface area contributed by atoms with Gasteiger partial charge < -0.3 is 4.42 Å². The number of hydrogen-bond donors (Lipinski definition) is 0. The van der Waals surface area contributed by atoms with Gasteiger partial charge >= 0.3 is 0 Å². The average Bonchev–Trinajstić information content (AvgIpc) is 2.56. The van der Waals surface area contributed by atoms with Crippen molar-refractivity contribution in [3.05, 3.63) is 58.3 Å². The van der Waals surface area contributed by atoms with Gasteiger partial charge in [-0.05, 0) is 23.4 Å². The number of benzene rings is 1. The Morgan fingerprint density at radius 3 is 1.92 bits per heavy atom. The van der Waals surface area contributed by atoms with Gasteiger partial charge in [-0.2, -0.15) is 0 Å². The lowest BCUT2D eigenvalue weighted by Crippen LogP contribution is -1.84. The van der Waals surface area contributed by atoms with Crippen LogP contribution in [-0.2, 0) is 0 Å². The average molecular weight is 179 g/mol. The predicted molar refractivity (Wildman–Crippen MR) is 47.8 cm³/mol. The molecule has 0 spiro atoms. The summed E-state index contributed by atoms with van der Waals surface area (Å²) in [5.41, 5.74) is 0. The van der Waals surface area contributed by atoms with E-state index in [0.717, 1.165) is 5.02 Å². The zero-order valence-electron chi connectivity index (χ0n) is 6.33. The van der Waals surface area contributed by atoms with Crippen LogP contribution in [0.15, 0.2) is 47.3 Å². The lowest BCUT2D eigenvalue weighted by atomic mass is 10.1. The molecule has 2 aliphatic rings. The Bertz CT molecular complexity index is 428. The molecule has 0 N–H and O–H groups in total. The number of rotatable bonds is 0. The standard InChI is InChI=1S/C6H3Cl.C4H4O/c7-6-3-4-1-2-5(4)6;1-2-4-5-3-1/h1-3H;1-4H. The number of furan rings is 1. The van der Waals surface area contributed by atoms with Crippen LogP contribution in [0.25, 0.3) is 0 Å². The molecule has 2 heteroatoms. The summed E-state index contributed by atoms with van der Waals surface area (Å²) < 4.78 is 4.58. The Hall–Kier alpha value is -1.21. The monoisotopic (exact) mass is 178 g/mol. The second kappa shape index (κ2) is 3.03. The Morgan fingerprint density at radius 1 is 1.08 bits per heavy atom. The van der Waals surface area contributed by atoms with E-state index in [2.05, 4.69) is 10.5 Å². The van der Waals surface area contributed by atoms with E-state index in [4.69, 9.17) is 11.6 Å². The molecule has 0 saturated carbocycles. The van der Waals surface area contributed by atoms with E-state index in [9.17, 15) is 0 Å². The van der Waals surface area contributed by atoms with Crippen molar-refractivity contribution in [3.8, 4) is 0 Å². The van der Waals surface area contributed by atoms with Crippen molar-refractivity contribution >= 4 is 11.6 Å². The summed E-state index contributed by atoms with van der Waals surface area (Å²) >= 11 is 5.60. The van der Waals surface area contributed by atoms with Gasteiger partial charge in [0.25, 0.3) is 0 Å². The van der Waals surface area contributed by atoms with E-state index >= 15 is 0 Å². The van der Waals surface area contributed by atoms with Gasteiger partial charge in [-0.3, -0.25) is 0 Å². The molecule has 60 valence electrons. The first-order valence-electron chi connectivity index (χ1n) is 3.65. The maximum atomic E-state index is 5.60. The first-order valence-corrected chi connectivity index (χ1v) is 4.03. The second-order valence-corrected chi connectivity index (χ2v) is 2.89. The molecule has 0 bridgehead atoms. The summed E-state index contributed by atoms with van der Waals surface area (Å²) in [6.07, 6.45) is 3.25. The topological polar surface area (TPSA) is 13.1 Å². The zero-order valence-corrected chi connectivity index (χ0v) is 7.08. The van der Waals surface area contributed by atoms with E-state index in [0.29, 0.717) is 0 Å². The fourth-order valence-corrected chi connectivity index (χ4v) is 1.26. The largest absolute Gasteiger partial charge is 0.473 e. The van der Waals surface area contributed by atoms with Crippen LogP contribution in [0.4, 0.5) is 0 Å². The van der Waals surface area contributed by atoms with Crippen LogP contribution in [0.1, 0.15) is 0 Å². The zero-order chi connectivity index (χ0) is 8.39. The van der Waals surface area contributed by atoms with Crippen LogP contribution in [-0.4, -0.2) is 0 Å². The highest BCUT2D eigenvalue weighted by Crippen LogP contribution is 2.20. The highest BCUT2D eigenvalue weighted by atomic mass is 35.5. The Morgan fingerprint density at radius 2 is 1.83 bits per heavy atom. The smallest absolute Gasteiger partial charge is 0.0902 e. The lowest BCUT2D eigenvalue weighted by molar-refractivity contribution is 0.567. The third kappa shape index (κ3) is 1.23. The maximum Gasteiger partial charge on any atom is 0.0902 e. The van der Waals surface area contributed by atoms with Crippen molar-refractivity contribution in [1.82, 2.24) is 0 Å². The molecule has 1 aromatic heterocycles. The predicted octanol–water partition coefficient (Wildman–Crippen LogP) is 3.22. The van der Waals surface area contributed by atoms with Gasteiger partial charge in [-0.25, -0.2) is 0 Å². The normalized spacial score (nSPS) is 10.1. The van der Waals surface area contributed by atoms with E-state index in [1.165, 1.54) is 10.4 Å². The van der Waals surface area contributed by atoms with Crippen molar-refractivity contribution in [2.24, 2.45) is 0 Å². The van der Waals surface area contributed by atoms with Crippen LogP contribution in [0.2, 0.25) is 5.02 Å². The number of halogens is 1. The van der Waals surface area contributed by atoms with Gasteiger partial charge in [0.15, 0.2) is 0 Å². The van der Waals surface area contributed by atoms with Gasteiger partial charge in [0.1, 0.15) is 0 Å². The molecule has 1 aromatic rings. The molecule has 0 aromatic carbocycles. The fraction of sp³-hybridized carbons (Fsp3) is 0. The lowest BCUT2D eigenvalue weighted by Gasteiger charge is -2.01. The van der Waals surface area contributed by atoms with Crippen LogP contribution in [0.3, 0.4) is 0 Å². The van der Waals surface area contributed by atoms with Crippen LogP contribution in [0, 0.1) is 10.4 Å². The molecular weight excluding hydrogens is 172 g/mol. The van der Waals surface area contributed by atoms with Gasteiger partial charge in [-0.15, -0.1) is 0 Å². The quantitative estimate of drug-likeness (QED) is 0.515. The molecule has 0 unspecified atom stereocenters. The molecule has 1 heterocycles. The molecule has 12 heavy (non-hydrogen) atoms. The van der Waals surface area contributed by atoms with Crippen LogP contribution in [0.5, 0.6) is 0 Å². The van der Waals surface area contributed by atoms with E-state index in [-0.39, 0.29) is 0 Å². The van der Waals surface area contributed by atoms with Crippen LogP contribution >= 0.6 is 11.6 Å². The van der Waals surface area contributed by atoms with E-state index < -0.39 is 0 Å². The minimum Gasteiger partial charge on any atom is -0.473 e. The molecule has 0 atom stereocenters. The van der Waals surface area contributed by atoms with Crippen molar-refractivity contribution < 1.29 is 4.42 Å². The maximum absolute atomic E-state index is 5.60. The Kier molecular flexibility index (Phi) is 1.88. The Balaban J connectivity index is 0.000000100. The molecule has 1 nitrogen and oxygen atoms in total. The summed E-state index contributed by atoms with van der Waals surface area (Å²) in [4.78, 5) is 0. The second-order valence-electron chi connectivity index (χ2n) is 2.49. The third-order valence-corrected chi connectivity index (χ3v) is 2.02. The SMILES string of the molecule is Clc1cc2ccc1=2.c1ccoc1. The van der Waals surface area contributed by atoms with Crippen molar-refractivity contribution in [2.75, 3.05) is 0 Å². The Labute approximate surface area is 74.9 Å². The molecule has 0 aliphatic heterocycles.